The van der Waals surface area contributed by atoms with Gasteiger partial charge in [-0.05, 0) is 132 Å². The predicted octanol–water partition coefficient (Wildman–Crippen LogP) is 18.7. The van der Waals surface area contributed by atoms with Gasteiger partial charge in [-0.3, -0.25) is 0 Å². The third kappa shape index (κ3) is 7.72. The third-order valence-corrected chi connectivity index (χ3v) is 15.1. The van der Waals surface area contributed by atoms with Crippen molar-refractivity contribution in [2.24, 2.45) is 0 Å². The van der Waals surface area contributed by atoms with E-state index in [0.29, 0.717) is 0 Å². The van der Waals surface area contributed by atoms with E-state index in [1.165, 1.54) is 167 Å². The van der Waals surface area contributed by atoms with E-state index >= 15 is 0 Å². The van der Waals surface area contributed by atoms with Crippen molar-refractivity contribution in [2.75, 3.05) is 0 Å². The fourth-order valence-electron chi connectivity index (χ4n) is 10.3. The van der Waals surface area contributed by atoms with Gasteiger partial charge >= 0.3 is 0 Å². The van der Waals surface area contributed by atoms with Crippen LogP contribution in [0, 0.1) is 0 Å². The molecule has 0 radical (unpaired) electrons. The number of unbranched alkanes of at least 4 members (excludes halogenated alkanes) is 10. The second-order valence-electron chi connectivity index (χ2n) is 16.9. The maximum absolute atomic E-state index is 3.79. The SMILES string of the molecule is CCCCCCCCC1(CCCCCCCC)c2cc(-n3c4ccc(Br)cc4c4cc(Br)ccc43)ccc2-c2ccc(-n3c4ccc(Br)cc4c4cc(Br)ccc43)cc21. The van der Waals surface area contributed by atoms with Gasteiger partial charge in [0.1, 0.15) is 0 Å². The Bertz CT molecular complexity index is 2510. The Kier molecular flexibility index (Phi) is 12.3. The summed E-state index contributed by atoms with van der Waals surface area (Å²) >= 11 is 15.1. The molecule has 0 amide bonds. The molecule has 9 rings (SSSR count). The van der Waals surface area contributed by atoms with Crippen molar-refractivity contribution in [1.82, 2.24) is 9.13 Å². The smallest absolute Gasteiger partial charge is 0.0541 e. The molecular formula is C53H52Br4N2. The monoisotopic (exact) mass is 1030 g/mol. The van der Waals surface area contributed by atoms with Gasteiger partial charge in [-0.2, -0.15) is 0 Å². The minimum absolute atomic E-state index is 0.0815. The summed E-state index contributed by atoms with van der Waals surface area (Å²) < 4.78 is 9.42. The van der Waals surface area contributed by atoms with Crippen molar-refractivity contribution in [2.45, 2.75) is 109 Å². The molecule has 2 heterocycles. The van der Waals surface area contributed by atoms with Crippen LogP contribution in [0.4, 0.5) is 0 Å². The number of hydrogen-bond donors (Lipinski definition) is 0. The van der Waals surface area contributed by atoms with Crippen molar-refractivity contribution in [3.63, 3.8) is 0 Å². The molecule has 0 saturated heterocycles. The fraction of sp³-hybridized carbons (Fsp3) is 0.321. The molecule has 2 nitrogen and oxygen atoms in total. The Labute approximate surface area is 383 Å². The summed E-state index contributed by atoms with van der Waals surface area (Å²) in [5.74, 6) is 0. The lowest BCUT2D eigenvalue weighted by Gasteiger charge is -2.33. The van der Waals surface area contributed by atoms with Crippen LogP contribution in [0.15, 0.2) is 127 Å². The highest BCUT2D eigenvalue weighted by atomic mass is 79.9. The number of rotatable bonds is 16. The molecular weight excluding hydrogens is 984 g/mol. The number of halogens is 4. The zero-order valence-corrected chi connectivity index (χ0v) is 40.5. The average Bonchev–Trinajstić information content (AvgIpc) is 3.82. The van der Waals surface area contributed by atoms with E-state index in [1.807, 2.05) is 0 Å². The first kappa shape index (κ1) is 41.2. The van der Waals surface area contributed by atoms with Gasteiger partial charge in [-0.1, -0.05) is 167 Å². The molecule has 0 atom stereocenters. The lowest BCUT2D eigenvalue weighted by atomic mass is 9.70. The summed E-state index contributed by atoms with van der Waals surface area (Å²) in [5.41, 5.74) is 13.2. The number of hydrogen-bond acceptors (Lipinski definition) is 0. The zero-order chi connectivity index (χ0) is 40.7. The highest BCUT2D eigenvalue weighted by Gasteiger charge is 2.43. The minimum atomic E-state index is -0.0815. The van der Waals surface area contributed by atoms with Crippen LogP contribution in [0.3, 0.4) is 0 Å². The molecule has 0 N–H and O–H groups in total. The summed E-state index contributed by atoms with van der Waals surface area (Å²) in [5, 5.41) is 5.05. The Balaban J connectivity index is 1.24. The first-order chi connectivity index (χ1) is 28.8. The van der Waals surface area contributed by atoms with Crippen LogP contribution in [0.2, 0.25) is 0 Å². The molecule has 2 aromatic heterocycles. The number of aromatic nitrogens is 2. The van der Waals surface area contributed by atoms with Gasteiger partial charge in [0, 0.05) is 56.2 Å². The van der Waals surface area contributed by atoms with Crippen LogP contribution >= 0.6 is 63.7 Å². The summed E-state index contributed by atoms with van der Waals surface area (Å²) in [6.45, 7) is 4.64. The van der Waals surface area contributed by atoms with Crippen LogP contribution in [0.5, 0.6) is 0 Å². The first-order valence-corrected chi connectivity index (χ1v) is 25.1. The Morgan fingerprint density at radius 2 is 0.695 bits per heavy atom. The zero-order valence-electron chi connectivity index (χ0n) is 34.2. The highest BCUT2D eigenvalue weighted by molar-refractivity contribution is 9.11. The van der Waals surface area contributed by atoms with Crippen molar-refractivity contribution in [1.29, 1.82) is 0 Å². The summed E-state index contributed by atoms with van der Waals surface area (Å²) in [4.78, 5) is 0. The number of fused-ring (bicyclic) bond motifs is 9. The Morgan fingerprint density at radius 3 is 1.03 bits per heavy atom. The normalized spacial score (nSPS) is 13.3. The van der Waals surface area contributed by atoms with Crippen LogP contribution in [-0.4, -0.2) is 9.13 Å². The molecule has 0 bridgehead atoms. The molecule has 0 unspecified atom stereocenters. The average molecular weight is 1040 g/mol. The molecule has 0 fully saturated rings. The molecule has 6 aromatic carbocycles. The summed E-state index contributed by atoms with van der Waals surface area (Å²) in [7, 11) is 0. The van der Waals surface area contributed by atoms with Gasteiger partial charge in [0.15, 0.2) is 0 Å². The van der Waals surface area contributed by atoms with E-state index in [4.69, 9.17) is 0 Å². The molecule has 302 valence electrons. The van der Waals surface area contributed by atoms with E-state index < -0.39 is 0 Å². The van der Waals surface area contributed by atoms with Crippen LogP contribution in [0.1, 0.15) is 115 Å². The predicted molar refractivity (Wildman–Crippen MR) is 268 cm³/mol. The molecule has 1 aliphatic rings. The molecule has 8 aromatic rings. The topological polar surface area (TPSA) is 9.86 Å². The van der Waals surface area contributed by atoms with Gasteiger partial charge < -0.3 is 9.13 Å². The molecule has 59 heavy (non-hydrogen) atoms. The molecule has 6 heteroatoms. The summed E-state index contributed by atoms with van der Waals surface area (Å²) in [6, 6.07) is 41.9. The molecule has 0 saturated carbocycles. The largest absolute Gasteiger partial charge is 0.309 e. The van der Waals surface area contributed by atoms with Crippen molar-refractivity contribution >= 4 is 107 Å². The lowest BCUT2D eigenvalue weighted by Crippen LogP contribution is -2.26. The van der Waals surface area contributed by atoms with Gasteiger partial charge in [-0.25, -0.2) is 0 Å². The highest BCUT2D eigenvalue weighted by Crippen LogP contribution is 2.56. The molecule has 1 aliphatic carbocycles. The van der Waals surface area contributed by atoms with Crippen LogP contribution in [-0.2, 0) is 5.41 Å². The summed E-state index contributed by atoms with van der Waals surface area (Å²) in [6.07, 6.45) is 17.9. The van der Waals surface area contributed by atoms with Crippen molar-refractivity contribution in [3.8, 4) is 22.5 Å². The van der Waals surface area contributed by atoms with E-state index in [0.717, 1.165) is 17.9 Å². The third-order valence-electron chi connectivity index (χ3n) is 13.1. The van der Waals surface area contributed by atoms with Crippen LogP contribution < -0.4 is 0 Å². The fourth-order valence-corrected chi connectivity index (χ4v) is 11.8. The standard InChI is InChI=1S/C53H52Br4N2/c1-3-5-7-9-11-13-27-53(28-14-12-10-8-6-4-2)47-33-39(58-49-23-15-35(54)29-43(49)44-30-36(55)16-24-50(44)58)19-21-41(47)42-22-20-40(34-48(42)53)59-51-25-17-37(56)31-45(51)46-32-38(57)18-26-52(46)59/h15-26,29-34H,3-14,27-28H2,1-2H3. The van der Waals surface area contributed by atoms with Crippen molar-refractivity contribution in [3.05, 3.63) is 138 Å². The second kappa shape index (κ2) is 17.7. The van der Waals surface area contributed by atoms with Gasteiger partial charge in [0.05, 0.1) is 22.1 Å². The number of benzene rings is 6. The molecule has 0 aliphatic heterocycles. The number of nitrogens with zero attached hydrogens (tertiary/aromatic N) is 2. The molecule has 0 spiro atoms. The van der Waals surface area contributed by atoms with E-state index in [-0.39, 0.29) is 5.41 Å². The maximum Gasteiger partial charge on any atom is 0.0541 e. The van der Waals surface area contributed by atoms with Crippen molar-refractivity contribution < 1.29 is 0 Å². The van der Waals surface area contributed by atoms with Gasteiger partial charge in [0.25, 0.3) is 0 Å². The maximum atomic E-state index is 3.79. The Hall–Kier alpha value is -3.16. The van der Waals surface area contributed by atoms with Gasteiger partial charge in [0.2, 0.25) is 0 Å². The van der Waals surface area contributed by atoms with E-state index in [2.05, 4.69) is 196 Å². The minimum Gasteiger partial charge on any atom is -0.309 e. The lowest BCUT2D eigenvalue weighted by molar-refractivity contribution is 0.397. The van der Waals surface area contributed by atoms with Crippen LogP contribution in [0.25, 0.3) is 66.1 Å². The van der Waals surface area contributed by atoms with E-state index in [9.17, 15) is 0 Å². The van der Waals surface area contributed by atoms with E-state index in [1.54, 1.807) is 0 Å². The first-order valence-electron chi connectivity index (χ1n) is 21.9. The second-order valence-corrected chi connectivity index (χ2v) is 20.6. The van der Waals surface area contributed by atoms with Gasteiger partial charge in [-0.15, -0.1) is 0 Å². The Morgan fingerprint density at radius 1 is 0.373 bits per heavy atom. The quantitative estimate of drug-likeness (QED) is 0.0854.